The van der Waals surface area contributed by atoms with Crippen LogP contribution in [0.1, 0.15) is 29.8 Å². The van der Waals surface area contributed by atoms with Crippen LogP contribution in [0.3, 0.4) is 0 Å². The summed E-state index contributed by atoms with van der Waals surface area (Å²) in [5.74, 6) is 0.0172. The molecule has 0 aliphatic carbocycles. The Labute approximate surface area is 118 Å². The van der Waals surface area contributed by atoms with Gasteiger partial charge in [0.15, 0.2) is 0 Å². The average Bonchev–Trinajstić information content (AvgIpc) is 2.65. The standard InChI is InChI=1S/C15H17ClN2O/c1-10(12-7-5-4-6-8-12)14(19)9-13-15(16)11(2)17-18(13)3/h4-8,10H,9H2,1-3H3. The first-order valence-corrected chi connectivity index (χ1v) is 6.64. The highest BCUT2D eigenvalue weighted by Crippen LogP contribution is 2.23. The summed E-state index contributed by atoms with van der Waals surface area (Å²) < 4.78 is 1.69. The summed E-state index contributed by atoms with van der Waals surface area (Å²) in [5, 5.41) is 4.82. The van der Waals surface area contributed by atoms with Crippen molar-refractivity contribution in [3.05, 3.63) is 52.3 Å². The summed E-state index contributed by atoms with van der Waals surface area (Å²) in [6.45, 7) is 3.77. The molecule has 1 aromatic heterocycles. The van der Waals surface area contributed by atoms with E-state index in [0.717, 1.165) is 17.0 Å². The van der Waals surface area contributed by atoms with Gasteiger partial charge in [-0.1, -0.05) is 48.9 Å². The predicted octanol–water partition coefficient (Wildman–Crippen LogP) is 3.30. The number of halogens is 1. The van der Waals surface area contributed by atoms with Gasteiger partial charge in [-0.25, -0.2) is 0 Å². The maximum atomic E-state index is 12.3. The molecule has 3 nitrogen and oxygen atoms in total. The van der Waals surface area contributed by atoms with E-state index in [0.29, 0.717) is 11.4 Å². The number of hydrogen-bond acceptors (Lipinski definition) is 2. The number of carbonyl (C=O) groups excluding carboxylic acids is 1. The molecule has 0 fully saturated rings. The SMILES string of the molecule is Cc1nn(C)c(CC(=O)C(C)c2ccccc2)c1Cl. The molecule has 19 heavy (non-hydrogen) atoms. The molecule has 1 heterocycles. The van der Waals surface area contributed by atoms with Crippen LogP contribution in [0.2, 0.25) is 5.02 Å². The minimum atomic E-state index is -0.132. The van der Waals surface area contributed by atoms with E-state index in [4.69, 9.17) is 11.6 Å². The lowest BCUT2D eigenvalue weighted by atomic mass is 9.94. The summed E-state index contributed by atoms with van der Waals surface area (Å²) in [5.41, 5.74) is 2.58. The summed E-state index contributed by atoms with van der Waals surface area (Å²) >= 11 is 6.17. The molecular formula is C15H17ClN2O. The number of carbonyl (C=O) groups is 1. The van der Waals surface area contributed by atoms with Crippen LogP contribution in [0.25, 0.3) is 0 Å². The Bertz CT molecular complexity index is 590. The number of nitrogens with zero attached hydrogens (tertiary/aromatic N) is 2. The Hall–Kier alpha value is -1.61. The van der Waals surface area contributed by atoms with E-state index >= 15 is 0 Å². The largest absolute Gasteiger partial charge is 0.299 e. The van der Waals surface area contributed by atoms with E-state index < -0.39 is 0 Å². The van der Waals surface area contributed by atoms with Gasteiger partial charge in [-0.2, -0.15) is 5.10 Å². The van der Waals surface area contributed by atoms with Crippen LogP contribution >= 0.6 is 11.6 Å². The average molecular weight is 277 g/mol. The van der Waals surface area contributed by atoms with Crippen molar-refractivity contribution in [2.45, 2.75) is 26.2 Å². The lowest BCUT2D eigenvalue weighted by molar-refractivity contribution is -0.119. The molecule has 0 saturated carbocycles. The molecule has 0 spiro atoms. The monoisotopic (exact) mass is 276 g/mol. The molecule has 2 aromatic rings. The van der Waals surface area contributed by atoms with Crippen LogP contribution in [-0.4, -0.2) is 15.6 Å². The molecule has 1 atom stereocenters. The Morgan fingerprint density at radius 3 is 2.53 bits per heavy atom. The second kappa shape index (κ2) is 5.57. The van der Waals surface area contributed by atoms with E-state index in [-0.39, 0.29) is 11.7 Å². The van der Waals surface area contributed by atoms with E-state index in [9.17, 15) is 4.79 Å². The summed E-state index contributed by atoms with van der Waals surface area (Å²) in [6, 6.07) is 9.78. The lowest BCUT2D eigenvalue weighted by Gasteiger charge is -2.11. The molecule has 0 bridgehead atoms. The van der Waals surface area contributed by atoms with Gasteiger partial charge in [0.2, 0.25) is 0 Å². The Morgan fingerprint density at radius 2 is 2.00 bits per heavy atom. The molecule has 0 saturated heterocycles. The van der Waals surface area contributed by atoms with E-state index in [1.807, 2.05) is 51.2 Å². The third-order valence-electron chi connectivity index (χ3n) is 3.39. The maximum Gasteiger partial charge on any atom is 0.146 e. The molecule has 0 aliphatic rings. The molecular weight excluding hydrogens is 260 g/mol. The number of aromatic nitrogens is 2. The highest BCUT2D eigenvalue weighted by atomic mass is 35.5. The molecule has 4 heteroatoms. The molecule has 0 aliphatic heterocycles. The summed E-state index contributed by atoms with van der Waals surface area (Å²) in [4.78, 5) is 12.3. The molecule has 1 aromatic carbocycles. The van der Waals surface area contributed by atoms with Crippen molar-refractivity contribution >= 4 is 17.4 Å². The number of benzene rings is 1. The summed E-state index contributed by atoms with van der Waals surface area (Å²) in [6.07, 6.45) is 0.312. The molecule has 1 unspecified atom stereocenters. The van der Waals surface area contributed by atoms with E-state index in [2.05, 4.69) is 5.10 Å². The molecule has 2 rings (SSSR count). The quantitative estimate of drug-likeness (QED) is 0.859. The zero-order chi connectivity index (χ0) is 14.0. The highest BCUT2D eigenvalue weighted by molar-refractivity contribution is 6.32. The Morgan fingerprint density at radius 1 is 1.37 bits per heavy atom. The van der Waals surface area contributed by atoms with Crippen LogP contribution in [0.15, 0.2) is 30.3 Å². The third-order valence-corrected chi connectivity index (χ3v) is 3.88. The first-order valence-electron chi connectivity index (χ1n) is 6.26. The van der Waals surface area contributed by atoms with Gasteiger partial charge in [0.05, 0.1) is 22.8 Å². The molecule has 0 radical (unpaired) electrons. The van der Waals surface area contributed by atoms with Crippen molar-refractivity contribution in [2.24, 2.45) is 7.05 Å². The topological polar surface area (TPSA) is 34.9 Å². The Kier molecular flexibility index (Phi) is 4.05. The van der Waals surface area contributed by atoms with Gasteiger partial charge >= 0.3 is 0 Å². The highest BCUT2D eigenvalue weighted by Gasteiger charge is 2.20. The summed E-state index contributed by atoms with van der Waals surface area (Å²) in [7, 11) is 1.81. The molecule has 100 valence electrons. The molecule has 0 amide bonds. The van der Waals surface area contributed by atoms with Crippen LogP contribution in [0, 0.1) is 6.92 Å². The zero-order valence-electron chi connectivity index (χ0n) is 11.4. The third kappa shape index (κ3) is 2.87. The van der Waals surface area contributed by atoms with Crippen LogP contribution in [0.4, 0.5) is 0 Å². The maximum absolute atomic E-state index is 12.3. The van der Waals surface area contributed by atoms with Crippen molar-refractivity contribution in [1.82, 2.24) is 9.78 Å². The van der Waals surface area contributed by atoms with E-state index in [1.165, 1.54) is 0 Å². The number of ketones is 1. The van der Waals surface area contributed by atoms with Gasteiger partial charge in [0.1, 0.15) is 5.78 Å². The van der Waals surface area contributed by atoms with Crippen molar-refractivity contribution in [2.75, 3.05) is 0 Å². The van der Waals surface area contributed by atoms with Gasteiger partial charge in [-0.3, -0.25) is 9.48 Å². The number of Topliss-reactive ketones (excluding diaryl/α,β-unsaturated/α-hetero) is 1. The van der Waals surface area contributed by atoms with E-state index in [1.54, 1.807) is 4.68 Å². The first kappa shape index (κ1) is 13.8. The molecule has 0 N–H and O–H groups in total. The zero-order valence-corrected chi connectivity index (χ0v) is 12.1. The van der Waals surface area contributed by atoms with Crippen molar-refractivity contribution in [3.63, 3.8) is 0 Å². The van der Waals surface area contributed by atoms with Crippen molar-refractivity contribution < 1.29 is 4.79 Å². The minimum Gasteiger partial charge on any atom is -0.299 e. The normalized spacial score (nSPS) is 12.4. The second-order valence-electron chi connectivity index (χ2n) is 4.75. The lowest BCUT2D eigenvalue weighted by Crippen LogP contribution is -2.14. The first-order chi connectivity index (χ1) is 9.00. The van der Waals surface area contributed by atoms with Crippen LogP contribution in [-0.2, 0) is 18.3 Å². The van der Waals surface area contributed by atoms with Gasteiger partial charge in [-0.15, -0.1) is 0 Å². The van der Waals surface area contributed by atoms with Crippen molar-refractivity contribution in [1.29, 1.82) is 0 Å². The fraction of sp³-hybridized carbons (Fsp3) is 0.333. The number of rotatable bonds is 4. The van der Waals surface area contributed by atoms with Gasteiger partial charge in [0.25, 0.3) is 0 Å². The smallest absolute Gasteiger partial charge is 0.146 e. The fourth-order valence-corrected chi connectivity index (χ4v) is 2.34. The van der Waals surface area contributed by atoms with Gasteiger partial charge in [0, 0.05) is 13.0 Å². The van der Waals surface area contributed by atoms with Crippen LogP contribution in [0.5, 0.6) is 0 Å². The number of aryl methyl sites for hydroxylation is 2. The van der Waals surface area contributed by atoms with Crippen LogP contribution < -0.4 is 0 Å². The van der Waals surface area contributed by atoms with Gasteiger partial charge < -0.3 is 0 Å². The predicted molar refractivity (Wildman–Crippen MR) is 76.5 cm³/mol. The second-order valence-corrected chi connectivity index (χ2v) is 5.12. The van der Waals surface area contributed by atoms with Gasteiger partial charge in [-0.05, 0) is 12.5 Å². The minimum absolute atomic E-state index is 0.132. The van der Waals surface area contributed by atoms with Crippen molar-refractivity contribution in [3.8, 4) is 0 Å². The fourth-order valence-electron chi connectivity index (χ4n) is 2.12. The Balaban J connectivity index is 2.18. The number of hydrogen-bond donors (Lipinski definition) is 0.